The molecule has 2 unspecified atom stereocenters. The summed E-state index contributed by atoms with van der Waals surface area (Å²) in [5, 5.41) is 4.17. The molecule has 1 N–H and O–H groups in total. The summed E-state index contributed by atoms with van der Waals surface area (Å²) in [6.07, 6.45) is 3.44. The van der Waals surface area contributed by atoms with Crippen molar-refractivity contribution in [2.45, 2.75) is 45.1 Å². The zero-order valence-corrected chi connectivity index (χ0v) is 17.7. The summed E-state index contributed by atoms with van der Waals surface area (Å²) < 4.78 is 5.61. The minimum absolute atomic E-state index is 0.266. The monoisotopic (exact) mass is 391 g/mol. The molecule has 3 rings (SSSR count). The number of nitrogens with zero attached hydrogens (tertiary/aromatic N) is 4. The third kappa shape index (κ3) is 5.75. The zero-order valence-electron chi connectivity index (χ0n) is 16.9. The Balaban J connectivity index is 1.62. The predicted octanol–water partition coefficient (Wildman–Crippen LogP) is 2.60. The number of morpholine rings is 1. The summed E-state index contributed by atoms with van der Waals surface area (Å²) >= 11 is 2.08. The Kier molecular flexibility index (Phi) is 7.64. The second-order valence-electron chi connectivity index (χ2n) is 7.17. The molecule has 27 heavy (non-hydrogen) atoms. The van der Waals surface area contributed by atoms with Crippen LogP contribution < -0.4 is 10.2 Å². The summed E-state index contributed by atoms with van der Waals surface area (Å²) in [6.45, 7) is 12.8. The molecule has 0 radical (unpaired) electrons. The number of hydrogen-bond acceptors (Lipinski definition) is 5. The SMILES string of the molecule is CCNC(=NCc1ccc(N2CCOC(C)C2)nc1)N1CCSC(CC)C1. The molecule has 1 aromatic heterocycles. The van der Waals surface area contributed by atoms with Crippen LogP contribution in [0.25, 0.3) is 0 Å². The van der Waals surface area contributed by atoms with Crippen molar-refractivity contribution in [3.8, 4) is 0 Å². The van der Waals surface area contributed by atoms with Crippen LogP contribution in [0.15, 0.2) is 23.3 Å². The largest absolute Gasteiger partial charge is 0.375 e. The Hall–Kier alpha value is -1.47. The van der Waals surface area contributed by atoms with Crippen LogP contribution in [0.3, 0.4) is 0 Å². The number of anilines is 1. The molecule has 2 aliphatic rings. The van der Waals surface area contributed by atoms with Gasteiger partial charge in [0.2, 0.25) is 0 Å². The van der Waals surface area contributed by atoms with Crippen LogP contribution in [0.4, 0.5) is 5.82 Å². The maximum atomic E-state index is 5.61. The number of aromatic nitrogens is 1. The Bertz CT molecular complexity index is 609. The van der Waals surface area contributed by atoms with Gasteiger partial charge in [0.1, 0.15) is 5.82 Å². The lowest BCUT2D eigenvalue weighted by Gasteiger charge is -2.34. The average Bonchev–Trinajstić information content (AvgIpc) is 2.71. The van der Waals surface area contributed by atoms with Crippen LogP contribution in [0, 0.1) is 0 Å². The highest BCUT2D eigenvalue weighted by Gasteiger charge is 2.21. The highest BCUT2D eigenvalue weighted by atomic mass is 32.2. The first kappa shape index (κ1) is 20.3. The highest BCUT2D eigenvalue weighted by molar-refractivity contribution is 8.00. The molecule has 0 aliphatic carbocycles. The number of ether oxygens (including phenoxy) is 1. The van der Waals surface area contributed by atoms with Crippen molar-refractivity contribution in [3.05, 3.63) is 23.9 Å². The molecule has 1 aromatic rings. The number of aliphatic imine (C=N–C) groups is 1. The van der Waals surface area contributed by atoms with Gasteiger partial charge in [-0.3, -0.25) is 0 Å². The molecule has 2 aliphatic heterocycles. The topological polar surface area (TPSA) is 53.0 Å². The van der Waals surface area contributed by atoms with Gasteiger partial charge >= 0.3 is 0 Å². The minimum atomic E-state index is 0.266. The maximum Gasteiger partial charge on any atom is 0.194 e. The third-order valence-corrected chi connectivity index (χ3v) is 6.39. The second kappa shape index (κ2) is 10.2. The van der Waals surface area contributed by atoms with Gasteiger partial charge in [-0.05, 0) is 31.9 Å². The van der Waals surface area contributed by atoms with Gasteiger partial charge < -0.3 is 19.9 Å². The fourth-order valence-electron chi connectivity index (χ4n) is 3.47. The number of rotatable bonds is 5. The fourth-order valence-corrected chi connectivity index (χ4v) is 4.65. The summed E-state index contributed by atoms with van der Waals surface area (Å²) in [5.41, 5.74) is 1.15. The Morgan fingerprint density at radius 3 is 2.93 bits per heavy atom. The van der Waals surface area contributed by atoms with Crippen LogP contribution >= 0.6 is 11.8 Å². The standard InChI is InChI=1S/C20H33N5OS/c1-4-18-15-25(9-11-27-18)20(21-5-2)23-13-17-6-7-19(22-12-17)24-8-10-26-16(3)14-24/h6-7,12,16,18H,4-5,8-11,13-15H2,1-3H3,(H,21,23). The van der Waals surface area contributed by atoms with Crippen LogP contribution in [-0.4, -0.2) is 72.3 Å². The summed E-state index contributed by atoms with van der Waals surface area (Å²) in [7, 11) is 0. The van der Waals surface area contributed by atoms with E-state index in [1.165, 1.54) is 12.2 Å². The molecule has 2 fully saturated rings. The van der Waals surface area contributed by atoms with E-state index in [1.807, 2.05) is 6.20 Å². The molecule has 0 bridgehead atoms. The van der Waals surface area contributed by atoms with Gasteiger partial charge in [0.15, 0.2) is 5.96 Å². The summed E-state index contributed by atoms with van der Waals surface area (Å²) in [6, 6.07) is 4.26. The first-order valence-electron chi connectivity index (χ1n) is 10.2. The lowest BCUT2D eigenvalue weighted by atomic mass is 10.2. The van der Waals surface area contributed by atoms with Gasteiger partial charge in [0.25, 0.3) is 0 Å². The van der Waals surface area contributed by atoms with Crippen LogP contribution in [0.5, 0.6) is 0 Å². The smallest absolute Gasteiger partial charge is 0.194 e. The van der Waals surface area contributed by atoms with E-state index in [1.54, 1.807) is 0 Å². The molecule has 3 heterocycles. The van der Waals surface area contributed by atoms with Gasteiger partial charge in [0, 0.05) is 49.9 Å². The van der Waals surface area contributed by atoms with Crippen molar-refractivity contribution in [3.63, 3.8) is 0 Å². The predicted molar refractivity (Wildman–Crippen MR) is 115 cm³/mol. The number of hydrogen-bond donors (Lipinski definition) is 1. The molecular formula is C20H33N5OS. The van der Waals surface area contributed by atoms with Crippen molar-refractivity contribution in [2.75, 3.05) is 50.0 Å². The van der Waals surface area contributed by atoms with Crippen molar-refractivity contribution in [1.29, 1.82) is 0 Å². The van der Waals surface area contributed by atoms with E-state index in [0.717, 1.165) is 56.7 Å². The highest BCUT2D eigenvalue weighted by Crippen LogP contribution is 2.21. The van der Waals surface area contributed by atoms with E-state index in [2.05, 4.69) is 64.8 Å². The van der Waals surface area contributed by atoms with Gasteiger partial charge in [-0.1, -0.05) is 13.0 Å². The minimum Gasteiger partial charge on any atom is -0.375 e. The van der Waals surface area contributed by atoms with E-state index in [9.17, 15) is 0 Å². The van der Waals surface area contributed by atoms with Gasteiger partial charge in [-0.25, -0.2) is 9.98 Å². The molecule has 7 heteroatoms. The number of guanidine groups is 1. The van der Waals surface area contributed by atoms with Crippen LogP contribution in [-0.2, 0) is 11.3 Å². The van der Waals surface area contributed by atoms with Gasteiger partial charge in [-0.2, -0.15) is 11.8 Å². The normalized spacial score (nSPS) is 24.2. The first-order chi connectivity index (χ1) is 13.2. The molecule has 150 valence electrons. The summed E-state index contributed by atoms with van der Waals surface area (Å²) in [5.74, 6) is 3.24. The number of thioether (sulfide) groups is 1. The van der Waals surface area contributed by atoms with Crippen LogP contribution in [0.2, 0.25) is 0 Å². The quantitative estimate of drug-likeness (QED) is 0.615. The van der Waals surface area contributed by atoms with Crippen molar-refractivity contribution in [2.24, 2.45) is 4.99 Å². The molecule has 2 atom stereocenters. The van der Waals surface area contributed by atoms with Crippen molar-refractivity contribution < 1.29 is 4.74 Å². The fraction of sp³-hybridized carbons (Fsp3) is 0.700. The zero-order chi connectivity index (χ0) is 19.1. The molecule has 0 amide bonds. The Labute approximate surface area is 167 Å². The van der Waals surface area contributed by atoms with E-state index in [-0.39, 0.29) is 6.10 Å². The van der Waals surface area contributed by atoms with Gasteiger partial charge in [-0.15, -0.1) is 0 Å². The molecular weight excluding hydrogens is 358 g/mol. The third-order valence-electron chi connectivity index (χ3n) is 5.01. The molecule has 0 aromatic carbocycles. The lowest BCUT2D eigenvalue weighted by Crippen LogP contribution is -2.48. The van der Waals surface area contributed by atoms with E-state index < -0.39 is 0 Å². The summed E-state index contributed by atoms with van der Waals surface area (Å²) in [4.78, 5) is 14.2. The number of nitrogens with one attached hydrogen (secondary N) is 1. The van der Waals surface area contributed by atoms with E-state index in [0.29, 0.717) is 11.8 Å². The molecule has 6 nitrogen and oxygen atoms in total. The van der Waals surface area contributed by atoms with E-state index in [4.69, 9.17) is 9.73 Å². The maximum absolute atomic E-state index is 5.61. The second-order valence-corrected chi connectivity index (χ2v) is 8.58. The molecule has 2 saturated heterocycles. The van der Waals surface area contributed by atoms with Crippen LogP contribution in [0.1, 0.15) is 32.8 Å². The Morgan fingerprint density at radius 2 is 2.22 bits per heavy atom. The van der Waals surface area contributed by atoms with Crippen molar-refractivity contribution in [1.82, 2.24) is 15.2 Å². The molecule has 0 spiro atoms. The van der Waals surface area contributed by atoms with E-state index >= 15 is 0 Å². The molecule has 0 saturated carbocycles. The average molecular weight is 392 g/mol. The van der Waals surface area contributed by atoms with Crippen molar-refractivity contribution >= 4 is 23.5 Å². The lowest BCUT2D eigenvalue weighted by molar-refractivity contribution is 0.0529. The first-order valence-corrected chi connectivity index (χ1v) is 11.2. The van der Waals surface area contributed by atoms with Gasteiger partial charge in [0.05, 0.1) is 19.3 Å². The Morgan fingerprint density at radius 1 is 1.33 bits per heavy atom. The number of pyridine rings is 1.